The number of ether oxygens (including phenoxy) is 1. The Morgan fingerprint density at radius 3 is 2.54 bits per heavy atom. The molecule has 1 aromatic heterocycles. The van der Waals surface area contributed by atoms with Crippen molar-refractivity contribution in [1.82, 2.24) is 15.2 Å². The minimum absolute atomic E-state index is 0.0185. The number of carbonyl (C=O) groups excluding carboxylic acids is 3. The number of hydrogen-bond donors (Lipinski definition) is 1. The Morgan fingerprint density at radius 2 is 1.90 bits per heavy atom. The highest BCUT2D eigenvalue weighted by Gasteiger charge is 2.30. The molecule has 2 heterocycles. The van der Waals surface area contributed by atoms with E-state index < -0.39 is 5.92 Å². The van der Waals surface area contributed by atoms with E-state index in [2.05, 4.69) is 49.7 Å². The molecule has 8 heteroatoms. The standard InChI is InChI=1S/C31H45N3O4S/c1-6-23-9-10-27-29(18-23)39-30(32-27)19-25(17-22(5)35)31(37)33-26(24-13-15-38-16-14-24)11-12-28(36)21(4)20-34(7-2)8-3/h9-10,18,24-26H,4,6-8,11-17,19-20H2,1-3,5H3,(H,33,37)/t25-,26+/m0/s1. The van der Waals surface area contributed by atoms with Crippen LogP contribution in [0.1, 0.15) is 70.4 Å². The maximum absolute atomic E-state index is 13.6. The van der Waals surface area contributed by atoms with Gasteiger partial charge in [-0.2, -0.15) is 0 Å². The number of benzene rings is 1. The van der Waals surface area contributed by atoms with Gasteiger partial charge in [0, 0.05) is 50.6 Å². The van der Waals surface area contributed by atoms with Crippen LogP contribution in [0.4, 0.5) is 0 Å². The van der Waals surface area contributed by atoms with Crippen molar-refractivity contribution in [2.75, 3.05) is 32.8 Å². The van der Waals surface area contributed by atoms with Crippen molar-refractivity contribution in [3.63, 3.8) is 0 Å². The molecule has 1 saturated heterocycles. The summed E-state index contributed by atoms with van der Waals surface area (Å²) in [6.45, 7) is 15.5. The van der Waals surface area contributed by atoms with Crippen LogP contribution < -0.4 is 5.32 Å². The maximum Gasteiger partial charge on any atom is 0.224 e. The van der Waals surface area contributed by atoms with E-state index >= 15 is 0 Å². The summed E-state index contributed by atoms with van der Waals surface area (Å²) in [4.78, 5) is 45.6. The number of Topliss-reactive ketones (excluding diaryl/α,β-unsaturated/α-hetero) is 2. The van der Waals surface area contributed by atoms with Crippen molar-refractivity contribution >= 4 is 39.0 Å². The van der Waals surface area contributed by atoms with Gasteiger partial charge in [-0.1, -0.05) is 33.4 Å². The molecule has 1 fully saturated rings. The Morgan fingerprint density at radius 1 is 1.18 bits per heavy atom. The summed E-state index contributed by atoms with van der Waals surface area (Å²) in [6.07, 6.45) is 4.13. The van der Waals surface area contributed by atoms with Gasteiger partial charge in [-0.3, -0.25) is 14.5 Å². The van der Waals surface area contributed by atoms with Crippen LogP contribution in [0.25, 0.3) is 10.2 Å². The number of rotatable bonds is 16. The van der Waals surface area contributed by atoms with E-state index in [0.29, 0.717) is 44.6 Å². The number of aryl methyl sites for hydroxylation is 1. The number of thiazole rings is 1. The highest BCUT2D eigenvalue weighted by molar-refractivity contribution is 7.18. The van der Waals surface area contributed by atoms with E-state index in [1.54, 1.807) is 11.3 Å². The molecule has 0 aliphatic carbocycles. The lowest BCUT2D eigenvalue weighted by Gasteiger charge is -2.32. The molecular formula is C31H45N3O4S. The first-order chi connectivity index (χ1) is 18.7. The summed E-state index contributed by atoms with van der Waals surface area (Å²) in [5.41, 5.74) is 2.80. The molecule has 1 amide bonds. The van der Waals surface area contributed by atoms with Gasteiger partial charge in [0.05, 0.1) is 21.1 Å². The molecule has 39 heavy (non-hydrogen) atoms. The zero-order valence-corrected chi connectivity index (χ0v) is 24.9. The van der Waals surface area contributed by atoms with Crippen molar-refractivity contribution in [3.05, 3.63) is 40.9 Å². The lowest BCUT2D eigenvalue weighted by Crippen LogP contribution is -2.45. The van der Waals surface area contributed by atoms with Crippen molar-refractivity contribution in [2.45, 2.75) is 78.7 Å². The lowest BCUT2D eigenvalue weighted by molar-refractivity contribution is -0.130. The Bertz CT molecular complexity index is 1130. The molecule has 1 aliphatic rings. The average Bonchev–Trinajstić information content (AvgIpc) is 3.34. The van der Waals surface area contributed by atoms with Crippen LogP contribution in [0.2, 0.25) is 0 Å². The quantitative estimate of drug-likeness (QED) is 0.288. The van der Waals surface area contributed by atoms with Gasteiger partial charge in [0.15, 0.2) is 5.78 Å². The van der Waals surface area contributed by atoms with Gasteiger partial charge in [0.2, 0.25) is 5.91 Å². The molecule has 0 radical (unpaired) electrons. The fraction of sp³-hybridized carbons (Fsp3) is 0.613. The number of aromatic nitrogens is 1. The minimum atomic E-state index is -0.496. The van der Waals surface area contributed by atoms with Crippen molar-refractivity contribution in [3.8, 4) is 0 Å². The Labute approximate surface area is 237 Å². The summed E-state index contributed by atoms with van der Waals surface area (Å²) in [6, 6.07) is 6.12. The van der Waals surface area contributed by atoms with Gasteiger partial charge in [0.1, 0.15) is 5.78 Å². The number of fused-ring (bicyclic) bond motifs is 1. The molecule has 0 bridgehead atoms. The van der Waals surface area contributed by atoms with Gasteiger partial charge >= 0.3 is 0 Å². The summed E-state index contributed by atoms with van der Waals surface area (Å²) < 4.78 is 6.67. The number of nitrogens with one attached hydrogen (secondary N) is 1. The predicted octanol–water partition coefficient (Wildman–Crippen LogP) is 5.16. The fourth-order valence-corrected chi connectivity index (χ4v) is 6.36. The van der Waals surface area contributed by atoms with Crippen LogP contribution in [0.15, 0.2) is 30.4 Å². The largest absolute Gasteiger partial charge is 0.381 e. The van der Waals surface area contributed by atoms with Crippen molar-refractivity contribution < 1.29 is 19.1 Å². The van der Waals surface area contributed by atoms with Crippen LogP contribution >= 0.6 is 11.3 Å². The number of nitrogens with zero attached hydrogens (tertiary/aromatic N) is 2. The topological polar surface area (TPSA) is 88.6 Å². The molecule has 1 aliphatic heterocycles. The van der Waals surface area contributed by atoms with Crippen LogP contribution in [-0.2, 0) is 32.0 Å². The molecule has 2 aromatic rings. The lowest BCUT2D eigenvalue weighted by atomic mass is 9.87. The molecule has 0 unspecified atom stereocenters. The molecule has 1 N–H and O–H groups in total. The average molecular weight is 556 g/mol. The number of likely N-dealkylation sites (N-methyl/N-ethyl adjacent to an activating group) is 1. The second kappa shape index (κ2) is 15.4. The maximum atomic E-state index is 13.6. The van der Waals surface area contributed by atoms with E-state index in [1.165, 1.54) is 12.5 Å². The number of hydrogen-bond acceptors (Lipinski definition) is 7. The first-order valence-corrected chi connectivity index (χ1v) is 15.2. The highest BCUT2D eigenvalue weighted by Crippen LogP contribution is 2.28. The molecular weight excluding hydrogens is 510 g/mol. The van der Waals surface area contributed by atoms with E-state index in [4.69, 9.17) is 9.72 Å². The van der Waals surface area contributed by atoms with Gasteiger partial charge in [-0.15, -0.1) is 11.3 Å². The molecule has 0 spiro atoms. The second-order valence-electron chi connectivity index (χ2n) is 10.7. The van der Waals surface area contributed by atoms with Crippen LogP contribution in [0.3, 0.4) is 0 Å². The molecule has 214 valence electrons. The van der Waals surface area contributed by atoms with Crippen molar-refractivity contribution in [2.24, 2.45) is 11.8 Å². The van der Waals surface area contributed by atoms with Crippen LogP contribution in [0, 0.1) is 11.8 Å². The predicted molar refractivity (Wildman–Crippen MR) is 158 cm³/mol. The van der Waals surface area contributed by atoms with E-state index in [1.807, 2.05) is 6.07 Å². The summed E-state index contributed by atoms with van der Waals surface area (Å²) in [5, 5.41) is 4.13. The number of amides is 1. The van der Waals surface area contributed by atoms with E-state index in [-0.39, 0.29) is 35.9 Å². The third-order valence-corrected chi connectivity index (χ3v) is 8.82. The third-order valence-electron chi connectivity index (χ3n) is 7.78. The van der Waals surface area contributed by atoms with Gasteiger partial charge in [0.25, 0.3) is 0 Å². The minimum Gasteiger partial charge on any atom is -0.381 e. The Balaban J connectivity index is 1.71. The summed E-state index contributed by atoms with van der Waals surface area (Å²) in [5.74, 6) is -0.363. The molecule has 3 rings (SSSR count). The first-order valence-electron chi connectivity index (χ1n) is 14.4. The van der Waals surface area contributed by atoms with Crippen LogP contribution in [-0.4, -0.2) is 66.2 Å². The summed E-state index contributed by atoms with van der Waals surface area (Å²) >= 11 is 1.60. The highest BCUT2D eigenvalue weighted by atomic mass is 32.1. The second-order valence-corrected chi connectivity index (χ2v) is 11.8. The monoisotopic (exact) mass is 555 g/mol. The molecule has 7 nitrogen and oxygen atoms in total. The first kappa shape index (κ1) is 31.1. The Hall–Kier alpha value is -2.42. The van der Waals surface area contributed by atoms with Gasteiger partial charge < -0.3 is 14.8 Å². The smallest absolute Gasteiger partial charge is 0.224 e. The van der Waals surface area contributed by atoms with Gasteiger partial charge in [-0.25, -0.2) is 4.98 Å². The normalized spacial score (nSPS) is 15.8. The summed E-state index contributed by atoms with van der Waals surface area (Å²) in [7, 11) is 0. The zero-order valence-electron chi connectivity index (χ0n) is 24.1. The fourth-order valence-electron chi connectivity index (χ4n) is 5.25. The zero-order chi connectivity index (χ0) is 28.4. The molecule has 1 aromatic carbocycles. The SMILES string of the molecule is C=C(CN(CC)CC)C(=O)CC[C@@H](NC(=O)[C@@H](CC(C)=O)Cc1nc2ccc(CC)cc2s1)C1CCOCC1. The van der Waals surface area contributed by atoms with Crippen LogP contribution in [0.5, 0.6) is 0 Å². The molecule has 0 saturated carbocycles. The molecule has 2 atom stereocenters. The van der Waals surface area contributed by atoms with Crippen molar-refractivity contribution in [1.29, 1.82) is 0 Å². The van der Waals surface area contributed by atoms with E-state index in [9.17, 15) is 14.4 Å². The number of carbonyl (C=O) groups is 3. The third kappa shape index (κ3) is 9.33. The van der Waals surface area contributed by atoms with Gasteiger partial charge in [-0.05, 0) is 69.3 Å². The Kier molecular flexibility index (Phi) is 12.3. The number of ketones is 2. The van der Waals surface area contributed by atoms with E-state index in [0.717, 1.165) is 47.6 Å².